The molecule has 0 N–H and O–H groups in total. The van der Waals surface area contributed by atoms with Gasteiger partial charge >= 0.3 is 0 Å². The Balaban J connectivity index is 1.92. The van der Waals surface area contributed by atoms with Crippen molar-refractivity contribution in [3.05, 3.63) is 33.7 Å². The first-order valence-electron chi connectivity index (χ1n) is 6.78. The number of aryl methyl sites for hydroxylation is 2. The second-order valence-electron chi connectivity index (χ2n) is 5.34. The highest BCUT2D eigenvalue weighted by molar-refractivity contribution is 7.22. The summed E-state index contributed by atoms with van der Waals surface area (Å²) in [6.07, 6.45) is 0.424. The van der Waals surface area contributed by atoms with E-state index in [9.17, 15) is 4.79 Å². The molecule has 0 radical (unpaired) electrons. The summed E-state index contributed by atoms with van der Waals surface area (Å²) >= 11 is 1.54. The molecular weight excluding hydrogens is 286 g/mol. The molecule has 1 atom stereocenters. The molecule has 1 amide bonds. The fourth-order valence-electron chi connectivity index (χ4n) is 2.57. The number of amides is 1. The topological polar surface area (TPSA) is 82.0 Å². The minimum Gasteiger partial charge on any atom is -0.288 e. The Kier molecular flexibility index (Phi) is 3.53. The molecule has 1 aliphatic rings. The number of hydrogen-bond acceptors (Lipinski definition) is 4. The lowest BCUT2D eigenvalue weighted by atomic mass is 10.1. The predicted octanol–water partition coefficient (Wildman–Crippen LogP) is 3.58. The molecule has 7 heteroatoms. The van der Waals surface area contributed by atoms with Crippen LogP contribution >= 0.6 is 11.3 Å². The molecule has 2 heterocycles. The van der Waals surface area contributed by atoms with Crippen LogP contribution in [0.5, 0.6) is 0 Å². The van der Waals surface area contributed by atoms with E-state index in [0.29, 0.717) is 19.5 Å². The largest absolute Gasteiger partial charge is 0.288 e. The third-order valence-electron chi connectivity index (χ3n) is 3.91. The fourth-order valence-corrected chi connectivity index (χ4v) is 3.62. The van der Waals surface area contributed by atoms with E-state index in [1.54, 1.807) is 4.90 Å². The SMILES string of the molecule is Cc1ccc2sc(N3CC(CN=[N+]=[N-])CC3=O)nc2c1C. The Bertz CT molecular complexity index is 762. The van der Waals surface area contributed by atoms with Gasteiger partial charge in [0.05, 0.1) is 10.2 Å². The van der Waals surface area contributed by atoms with Gasteiger partial charge in [-0.05, 0) is 42.5 Å². The number of rotatable bonds is 3. The molecule has 0 saturated carbocycles. The van der Waals surface area contributed by atoms with Crippen LogP contribution in [-0.2, 0) is 4.79 Å². The predicted molar refractivity (Wildman–Crippen MR) is 83.6 cm³/mol. The Morgan fingerprint density at radius 2 is 2.33 bits per heavy atom. The Hall–Kier alpha value is -2.11. The van der Waals surface area contributed by atoms with Crippen molar-refractivity contribution in [2.45, 2.75) is 20.3 Å². The van der Waals surface area contributed by atoms with E-state index in [4.69, 9.17) is 5.53 Å². The van der Waals surface area contributed by atoms with Crippen molar-refractivity contribution >= 4 is 32.6 Å². The number of anilines is 1. The normalized spacial score (nSPS) is 18.3. The lowest BCUT2D eigenvalue weighted by Crippen LogP contribution is -2.24. The van der Waals surface area contributed by atoms with Gasteiger partial charge in [0.1, 0.15) is 0 Å². The highest BCUT2D eigenvalue weighted by Crippen LogP contribution is 2.34. The maximum Gasteiger partial charge on any atom is 0.229 e. The van der Waals surface area contributed by atoms with Crippen LogP contribution in [0.2, 0.25) is 0 Å². The second kappa shape index (κ2) is 5.35. The molecule has 2 aromatic rings. The van der Waals surface area contributed by atoms with E-state index in [-0.39, 0.29) is 11.8 Å². The molecule has 0 spiro atoms. The van der Waals surface area contributed by atoms with Crippen molar-refractivity contribution in [3.63, 3.8) is 0 Å². The first-order chi connectivity index (χ1) is 10.1. The maximum atomic E-state index is 12.1. The molecule has 3 rings (SSSR count). The number of aromatic nitrogens is 1. The summed E-state index contributed by atoms with van der Waals surface area (Å²) in [5.74, 6) is 0.143. The van der Waals surface area contributed by atoms with E-state index in [2.05, 4.69) is 41.0 Å². The third kappa shape index (κ3) is 2.46. The number of carbonyl (C=O) groups is 1. The Labute approximate surface area is 126 Å². The first kappa shape index (κ1) is 13.9. The van der Waals surface area contributed by atoms with Crippen LogP contribution in [-0.4, -0.2) is 24.0 Å². The minimum absolute atomic E-state index is 0.0570. The van der Waals surface area contributed by atoms with Gasteiger partial charge in [0.25, 0.3) is 0 Å². The molecule has 1 aliphatic heterocycles. The number of hydrogen-bond donors (Lipinski definition) is 0. The molecule has 1 aromatic heterocycles. The second-order valence-corrected chi connectivity index (χ2v) is 6.35. The maximum absolute atomic E-state index is 12.1. The van der Waals surface area contributed by atoms with Crippen LogP contribution < -0.4 is 4.90 Å². The average molecular weight is 301 g/mol. The lowest BCUT2D eigenvalue weighted by Gasteiger charge is -2.11. The van der Waals surface area contributed by atoms with Gasteiger partial charge in [-0.1, -0.05) is 22.5 Å². The summed E-state index contributed by atoms with van der Waals surface area (Å²) in [4.78, 5) is 21.3. The Morgan fingerprint density at radius 1 is 1.52 bits per heavy atom. The van der Waals surface area contributed by atoms with Gasteiger partial charge in [0.15, 0.2) is 5.13 Å². The monoisotopic (exact) mass is 301 g/mol. The van der Waals surface area contributed by atoms with Crippen LogP contribution in [0.25, 0.3) is 20.7 Å². The van der Waals surface area contributed by atoms with Crippen molar-refractivity contribution in [2.75, 3.05) is 18.0 Å². The van der Waals surface area contributed by atoms with Gasteiger partial charge in [0, 0.05) is 24.4 Å². The minimum atomic E-state index is 0.0570. The van der Waals surface area contributed by atoms with Crippen LogP contribution in [0.3, 0.4) is 0 Å². The summed E-state index contributed by atoms with van der Waals surface area (Å²) < 4.78 is 1.10. The summed E-state index contributed by atoms with van der Waals surface area (Å²) in [5.41, 5.74) is 11.7. The van der Waals surface area contributed by atoms with Gasteiger partial charge < -0.3 is 0 Å². The first-order valence-corrected chi connectivity index (χ1v) is 7.59. The van der Waals surface area contributed by atoms with E-state index in [1.165, 1.54) is 16.9 Å². The fraction of sp³-hybridized carbons (Fsp3) is 0.429. The van der Waals surface area contributed by atoms with Crippen molar-refractivity contribution in [3.8, 4) is 0 Å². The number of benzene rings is 1. The zero-order valence-electron chi connectivity index (χ0n) is 11.9. The van der Waals surface area contributed by atoms with Crippen LogP contribution in [0.4, 0.5) is 5.13 Å². The number of fused-ring (bicyclic) bond motifs is 1. The molecule has 1 fully saturated rings. The van der Waals surface area contributed by atoms with E-state index in [1.807, 2.05) is 0 Å². The number of thiazole rings is 1. The van der Waals surface area contributed by atoms with Crippen LogP contribution in [0, 0.1) is 19.8 Å². The van der Waals surface area contributed by atoms with Crippen molar-refractivity contribution in [2.24, 2.45) is 11.0 Å². The number of carbonyl (C=O) groups excluding carboxylic acids is 1. The van der Waals surface area contributed by atoms with Crippen LogP contribution in [0.1, 0.15) is 17.5 Å². The molecule has 0 aliphatic carbocycles. The zero-order valence-corrected chi connectivity index (χ0v) is 12.7. The van der Waals surface area contributed by atoms with Crippen LogP contribution in [0.15, 0.2) is 17.2 Å². The zero-order chi connectivity index (χ0) is 15.0. The molecule has 1 unspecified atom stereocenters. The summed E-state index contributed by atoms with van der Waals surface area (Å²) in [7, 11) is 0. The molecule has 21 heavy (non-hydrogen) atoms. The molecule has 1 saturated heterocycles. The summed E-state index contributed by atoms with van der Waals surface area (Å²) in [6.45, 7) is 5.06. The number of azide groups is 1. The highest BCUT2D eigenvalue weighted by Gasteiger charge is 2.32. The standard InChI is InChI=1S/C14H15N5OS/c1-8-3-4-11-13(9(8)2)17-14(21-11)19-7-10(5-12(19)20)6-16-18-15/h3-4,10H,5-7H2,1-2H3. The van der Waals surface area contributed by atoms with E-state index >= 15 is 0 Å². The highest BCUT2D eigenvalue weighted by atomic mass is 32.1. The molecule has 0 bridgehead atoms. The lowest BCUT2D eigenvalue weighted by molar-refractivity contribution is -0.117. The number of nitrogens with zero attached hydrogens (tertiary/aromatic N) is 5. The van der Waals surface area contributed by atoms with Gasteiger partial charge in [-0.3, -0.25) is 9.69 Å². The van der Waals surface area contributed by atoms with Gasteiger partial charge in [-0.2, -0.15) is 0 Å². The quantitative estimate of drug-likeness (QED) is 0.493. The molecular formula is C14H15N5OS. The average Bonchev–Trinajstić information content (AvgIpc) is 3.04. The third-order valence-corrected chi connectivity index (χ3v) is 4.96. The van der Waals surface area contributed by atoms with E-state index < -0.39 is 0 Å². The smallest absolute Gasteiger partial charge is 0.229 e. The summed E-state index contributed by atoms with van der Waals surface area (Å²) in [6, 6.07) is 4.13. The molecule has 108 valence electrons. The van der Waals surface area contributed by atoms with Crippen molar-refractivity contribution in [1.29, 1.82) is 0 Å². The van der Waals surface area contributed by atoms with Gasteiger partial charge in [0.2, 0.25) is 5.91 Å². The summed E-state index contributed by atoms with van der Waals surface area (Å²) in [5, 5.41) is 4.31. The molecule has 6 nitrogen and oxygen atoms in total. The van der Waals surface area contributed by atoms with Crippen molar-refractivity contribution in [1.82, 2.24) is 4.98 Å². The van der Waals surface area contributed by atoms with E-state index in [0.717, 1.165) is 20.9 Å². The van der Waals surface area contributed by atoms with Gasteiger partial charge in [-0.15, -0.1) is 0 Å². The Morgan fingerprint density at radius 3 is 3.10 bits per heavy atom. The van der Waals surface area contributed by atoms with Crippen molar-refractivity contribution < 1.29 is 4.79 Å². The molecule has 1 aromatic carbocycles. The van der Waals surface area contributed by atoms with Gasteiger partial charge in [-0.25, -0.2) is 4.98 Å².